The van der Waals surface area contributed by atoms with Crippen molar-refractivity contribution in [3.05, 3.63) is 124 Å². The molecule has 0 aliphatic rings. The van der Waals surface area contributed by atoms with E-state index in [4.69, 9.17) is 5.73 Å². The van der Waals surface area contributed by atoms with Crippen LogP contribution in [-0.4, -0.2) is 16.9 Å². The summed E-state index contributed by atoms with van der Waals surface area (Å²) in [5.74, 6) is -1.34. The fraction of sp³-hybridized carbons (Fsp3) is 0.0769. The molecule has 33 heavy (non-hydrogen) atoms. The average molecular weight is 464 g/mol. The van der Waals surface area contributed by atoms with Gasteiger partial charge in [-0.15, -0.1) is 12.4 Å². The van der Waals surface area contributed by atoms with Crippen molar-refractivity contribution in [2.24, 2.45) is 5.73 Å². The lowest BCUT2D eigenvalue weighted by atomic mass is 9.85. The topological polar surface area (TPSA) is 88.0 Å². The van der Waals surface area contributed by atoms with E-state index in [1.54, 1.807) is 12.1 Å². The monoisotopic (exact) mass is 463 g/mol. The van der Waals surface area contributed by atoms with Gasteiger partial charge in [0.15, 0.2) is 0 Å². The molecule has 4 aromatic rings. The maximum Gasteiger partial charge on any atom is 0.248 e. The summed E-state index contributed by atoms with van der Waals surface area (Å²) >= 11 is 0. The lowest BCUT2D eigenvalue weighted by molar-refractivity contribution is -0.117. The van der Waals surface area contributed by atoms with E-state index in [0.717, 1.165) is 11.1 Å². The summed E-state index contributed by atoms with van der Waals surface area (Å²) in [5.41, 5.74) is 8.92. The third kappa shape index (κ3) is 5.55. The molecular formula is C26H23ClFN3O2. The summed E-state index contributed by atoms with van der Waals surface area (Å²) in [6, 6.07) is 25.5. The molecule has 1 heterocycles. The van der Waals surface area contributed by atoms with Crippen molar-refractivity contribution in [2.75, 3.05) is 5.32 Å². The molecule has 7 heteroatoms. The molecule has 0 bridgehead atoms. The van der Waals surface area contributed by atoms with E-state index in [0.29, 0.717) is 5.56 Å². The van der Waals surface area contributed by atoms with E-state index in [9.17, 15) is 14.0 Å². The van der Waals surface area contributed by atoms with E-state index in [1.165, 1.54) is 24.4 Å². The lowest BCUT2D eigenvalue weighted by Crippen LogP contribution is -2.41. The van der Waals surface area contributed by atoms with Crippen molar-refractivity contribution < 1.29 is 9.18 Å². The van der Waals surface area contributed by atoms with Crippen LogP contribution in [0.5, 0.6) is 0 Å². The summed E-state index contributed by atoms with van der Waals surface area (Å²) in [5, 5.41) is 2.72. The summed E-state index contributed by atoms with van der Waals surface area (Å²) in [7, 11) is 0. The molecular weight excluding hydrogens is 441 g/mol. The molecule has 168 valence electrons. The van der Waals surface area contributed by atoms with Crippen LogP contribution in [0.1, 0.15) is 17.0 Å². The highest BCUT2D eigenvalue weighted by Gasteiger charge is 2.27. The lowest BCUT2D eigenvalue weighted by Gasteiger charge is -2.24. The second kappa shape index (κ2) is 10.7. The Bertz CT molecular complexity index is 1240. The summed E-state index contributed by atoms with van der Waals surface area (Å²) in [6.07, 6.45) is 1.46. The predicted molar refractivity (Wildman–Crippen MR) is 131 cm³/mol. The zero-order valence-corrected chi connectivity index (χ0v) is 18.4. The number of carbonyl (C=O) groups excluding carboxylic acids is 1. The van der Waals surface area contributed by atoms with E-state index in [1.807, 2.05) is 60.7 Å². The maximum absolute atomic E-state index is 14.7. The number of pyridine rings is 1. The van der Waals surface area contributed by atoms with Gasteiger partial charge in [-0.3, -0.25) is 9.59 Å². The van der Waals surface area contributed by atoms with Crippen LogP contribution in [0.25, 0.3) is 11.1 Å². The minimum atomic E-state index is -0.893. The number of aromatic nitrogens is 1. The van der Waals surface area contributed by atoms with Gasteiger partial charge in [-0.25, -0.2) is 4.39 Å². The normalized spacial score (nSPS) is 11.5. The van der Waals surface area contributed by atoms with E-state index >= 15 is 0 Å². The highest BCUT2D eigenvalue weighted by atomic mass is 35.5. The zero-order valence-electron chi connectivity index (χ0n) is 17.6. The van der Waals surface area contributed by atoms with Crippen LogP contribution >= 0.6 is 12.4 Å². The Labute approximate surface area is 196 Å². The van der Waals surface area contributed by atoms with Gasteiger partial charge in [-0.2, -0.15) is 0 Å². The van der Waals surface area contributed by atoms with Crippen molar-refractivity contribution in [3.63, 3.8) is 0 Å². The molecule has 1 aromatic heterocycles. The van der Waals surface area contributed by atoms with Crippen LogP contribution in [-0.2, 0) is 4.79 Å². The molecule has 0 saturated carbocycles. The molecule has 0 fully saturated rings. The number of halogens is 2. The Kier molecular flexibility index (Phi) is 7.77. The number of rotatable bonds is 6. The largest absolute Gasteiger partial charge is 0.329 e. The van der Waals surface area contributed by atoms with E-state index in [2.05, 4.69) is 10.3 Å². The smallest absolute Gasteiger partial charge is 0.248 e. The van der Waals surface area contributed by atoms with Gasteiger partial charge >= 0.3 is 0 Å². The third-order valence-electron chi connectivity index (χ3n) is 5.30. The molecule has 3 aromatic carbocycles. The highest BCUT2D eigenvalue weighted by molar-refractivity contribution is 5.96. The Morgan fingerprint density at radius 2 is 1.48 bits per heavy atom. The fourth-order valence-electron chi connectivity index (χ4n) is 3.74. The minimum absolute atomic E-state index is 0. The minimum Gasteiger partial charge on any atom is -0.329 e. The number of hydrogen-bond acceptors (Lipinski definition) is 3. The molecule has 0 spiro atoms. The Balaban J connectivity index is 0.00000306. The first-order valence-electron chi connectivity index (χ1n) is 10.2. The van der Waals surface area contributed by atoms with Crippen molar-refractivity contribution in [2.45, 2.75) is 12.0 Å². The number of aromatic amines is 1. The van der Waals surface area contributed by atoms with Gasteiger partial charge < -0.3 is 16.0 Å². The van der Waals surface area contributed by atoms with Gasteiger partial charge in [0, 0.05) is 29.4 Å². The van der Waals surface area contributed by atoms with Gasteiger partial charge in [0.2, 0.25) is 11.5 Å². The molecule has 0 aliphatic carbocycles. The Hall–Kier alpha value is -3.74. The summed E-state index contributed by atoms with van der Waals surface area (Å²) < 4.78 is 14.7. The second-order valence-electron chi connectivity index (χ2n) is 7.45. The number of H-pyrrole nitrogens is 1. The number of anilines is 1. The molecule has 0 radical (unpaired) electrons. The SMILES string of the molecule is Cl.N[C@H](C(=O)Nc1ccc(-c2cc[nH]c(=O)c2)c(F)c1)C(c1ccccc1)c1ccccc1. The molecule has 1 atom stereocenters. The zero-order chi connectivity index (χ0) is 22.5. The van der Waals surface area contributed by atoms with Gasteiger partial charge in [-0.05, 0) is 41.0 Å². The molecule has 4 rings (SSSR count). The van der Waals surface area contributed by atoms with Crippen LogP contribution < -0.4 is 16.6 Å². The fourth-order valence-corrected chi connectivity index (χ4v) is 3.74. The molecule has 0 saturated heterocycles. The molecule has 4 N–H and O–H groups in total. The van der Waals surface area contributed by atoms with Crippen LogP contribution in [0.15, 0.2) is 102 Å². The first-order chi connectivity index (χ1) is 15.5. The first-order valence-corrected chi connectivity index (χ1v) is 10.2. The van der Waals surface area contributed by atoms with E-state index < -0.39 is 17.8 Å². The summed E-state index contributed by atoms with van der Waals surface area (Å²) in [4.78, 5) is 27.0. The first kappa shape index (κ1) is 23.9. The molecule has 5 nitrogen and oxygen atoms in total. The number of benzene rings is 3. The number of amides is 1. The number of nitrogens with one attached hydrogen (secondary N) is 2. The number of hydrogen-bond donors (Lipinski definition) is 3. The Morgan fingerprint density at radius 1 is 0.879 bits per heavy atom. The number of carbonyl (C=O) groups is 1. The van der Waals surface area contributed by atoms with Crippen molar-refractivity contribution in [1.29, 1.82) is 0 Å². The maximum atomic E-state index is 14.7. The van der Waals surface area contributed by atoms with Crippen LogP contribution in [0.3, 0.4) is 0 Å². The molecule has 0 unspecified atom stereocenters. The van der Waals surface area contributed by atoms with Crippen molar-refractivity contribution in [1.82, 2.24) is 4.98 Å². The van der Waals surface area contributed by atoms with Gasteiger partial charge in [0.1, 0.15) is 5.82 Å². The number of nitrogens with two attached hydrogens (primary N) is 1. The van der Waals surface area contributed by atoms with Gasteiger partial charge in [-0.1, -0.05) is 60.7 Å². The summed E-state index contributed by atoms with van der Waals surface area (Å²) in [6.45, 7) is 0. The predicted octanol–water partition coefficient (Wildman–Crippen LogP) is 4.70. The second-order valence-corrected chi connectivity index (χ2v) is 7.45. The molecule has 1 amide bonds. The standard InChI is InChI=1S/C26H22FN3O2.ClH/c27-22-16-20(11-12-21(22)19-13-14-29-23(31)15-19)30-26(32)25(28)24(17-7-3-1-4-8-17)18-9-5-2-6-10-18;/h1-16,24-25H,28H2,(H,29,31)(H,30,32);1H/t25-;/m0./s1. The molecule has 0 aliphatic heterocycles. The van der Waals surface area contributed by atoms with Crippen LogP contribution in [0.4, 0.5) is 10.1 Å². The van der Waals surface area contributed by atoms with Crippen LogP contribution in [0, 0.1) is 5.82 Å². The van der Waals surface area contributed by atoms with Crippen LogP contribution in [0.2, 0.25) is 0 Å². The average Bonchev–Trinajstić information content (AvgIpc) is 2.80. The third-order valence-corrected chi connectivity index (χ3v) is 5.30. The Morgan fingerprint density at radius 3 is 2.03 bits per heavy atom. The quantitative estimate of drug-likeness (QED) is 0.387. The highest BCUT2D eigenvalue weighted by Crippen LogP contribution is 2.29. The van der Waals surface area contributed by atoms with Crippen molar-refractivity contribution >= 4 is 24.0 Å². The van der Waals surface area contributed by atoms with E-state index in [-0.39, 0.29) is 35.1 Å². The van der Waals surface area contributed by atoms with Gasteiger partial charge in [0.05, 0.1) is 6.04 Å². The van der Waals surface area contributed by atoms with Crippen molar-refractivity contribution in [3.8, 4) is 11.1 Å². The van der Waals surface area contributed by atoms with Gasteiger partial charge in [0.25, 0.3) is 0 Å².